The van der Waals surface area contributed by atoms with E-state index in [4.69, 9.17) is 9.88 Å². The summed E-state index contributed by atoms with van der Waals surface area (Å²) < 4.78 is 65.4. The van der Waals surface area contributed by atoms with Gasteiger partial charge in [-0.3, -0.25) is 9.11 Å². The number of hydrogen-bond acceptors (Lipinski definition) is 5. The summed E-state index contributed by atoms with van der Waals surface area (Å²) in [6, 6.07) is 10.8. The van der Waals surface area contributed by atoms with Crippen LogP contribution >= 0.6 is 10.8 Å². The molecule has 0 spiro atoms. The molecule has 1 heterocycles. The lowest BCUT2D eigenvalue weighted by atomic mass is 10.1. The average molecular weight is 399 g/mol. The number of halogens is 3. The second-order valence-electron chi connectivity index (χ2n) is 5.60. The summed E-state index contributed by atoms with van der Waals surface area (Å²) in [4.78, 5) is 0.0875. The van der Waals surface area contributed by atoms with Crippen LogP contribution in [0.2, 0.25) is 0 Å². The molecule has 0 fully saturated rings. The SMILES string of the molecule is COc1ccc(-c2cc(C(F)F)nn2-c2ccc(S(N)(O)O)cc2)cc1F. The number of nitrogens with two attached hydrogens (primary N) is 1. The van der Waals surface area contributed by atoms with Crippen molar-refractivity contribution in [1.82, 2.24) is 9.78 Å². The zero-order valence-electron chi connectivity index (χ0n) is 14.0. The van der Waals surface area contributed by atoms with Gasteiger partial charge in [0.2, 0.25) is 0 Å². The predicted octanol–water partition coefficient (Wildman–Crippen LogP) is 4.61. The molecule has 10 heteroatoms. The first-order valence-electron chi connectivity index (χ1n) is 7.59. The Labute approximate surface area is 154 Å². The van der Waals surface area contributed by atoms with Gasteiger partial charge in [-0.05, 0) is 48.5 Å². The Bertz CT molecular complexity index is 956. The van der Waals surface area contributed by atoms with E-state index in [0.29, 0.717) is 11.3 Å². The Balaban J connectivity index is 2.11. The highest BCUT2D eigenvalue weighted by Gasteiger charge is 2.19. The van der Waals surface area contributed by atoms with Crippen LogP contribution in [0.3, 0.4) is 0 Å². The molecule has 3 rings (SSSR count). The van der Waals surface area contributed by atoms with Crippen molar-refractivity contribution in [3.8, 4) is 22.7 Å². The molecule has 0 radical (unpaired) electrons. The van der Waals surface area contributed by atoms with Crippen LogP contribution in [0, 0.1) is 5.82 Å². The molecule has 0 saturated heterocycles. The first kappa shape index (κ1) is 19.2. The summed E-state index contributed by atoms with van der Waals surface area (Å²) in [5.41, 5.74) is 0.438. The van der Waals surface area contributed by atoms with E-state index in [9.17, 15) is 22.3 Å². The molecule has 2 aromatic carbocycles. The number of methoxy groups -OCH3 is 1. The van der Waals surface area contributed by atoms with E-state index in [2.05, 4.69) is 5.10 Å². The van der Waals surface area contributed by atoms with Crippen molar-refractivity contribution in [3.63, 3.8) is 0 Å². The van der Waals surface area contributed by atoms with Crippen LogP contribution in [-0.2, 0) is 0 Å². The van der Waals surface area contributed by atoms with Crippen LogP contribution in [0.5, 0.6) is 5.75 Å². The van der Waals surface area contributed by atoms with E-state index in [1.165, 1.54) is 48.2 Å². The van der Waals surface area contributed by atoms with Crippen molar-refractivity contribution in [3.05, 3.63) is 60.0 Å². The van der Waals surface area contributed by atoms with Crippen LogP contribution in [0.4, 0.5) is 13.2 Å². The Hall–Kier alpha value is -2.53. The summed E-state index contributed by atoms with van der Waals surface area (Å²) in [6.45, 7) is 0. The third-order valence-electron chi connectivity index (χ3n) is 3.83. The molecule has 27 heavy (non-hydrogen) atoms. The van der Waals surface area contributed by atoms with Crippen molar-refractivity contribution in [2.75, 3.05) is 7.11 Å². The fourth-order valence-corrected chi connectivity index (χ4v) is 3.06. The van der Waals surface area contributed by atoms with E-state index < -0.39 is 28.7 Å². The molecule has 0 amide bonds. The zero-order valence-corrected chi connectivity index (χ0v) is 14.8. The van der Waals surface area contributed by atoms with Crippen molar-refractivity contribution < 1.29 is 27.0 Å². The number of ether oxygens (including phenoxy) is 1. The second-order valence-corrected chi connectivity index (χ2v) is 7.26. The molecular formula is C17H16F3N3O3S. The molecule has 6 nitrogen and oxygen atoms in total. The van der Waals surface area contributed by atoms with Crippen LogP contribution in [-0.4, -0.2) is 26.0 Å². The average Bonchev–Trinajstić information content (AvgIpc) is 3.06. The molecule has 0 bridgehead atoms. The first-order chi connectivity index (χ1) is 12.7. The number of rotatable bonds is 5. The van der Waals surface area contributed by atoms with Gasteiger partial charge in [0.25, 0.3) is 6.43 Å². The molecule has 0 saturated carbocycles. The third-order valence-corrected chi connectivity index (χ3v) is 4.79. The van der Waals surface area contributed by atoms with Crippen LogP contribution < -0.4 is 9.88 Å². The fraction of sp³-hybridized carbons (Fsp3) is 0.118. The van der Waals surface area contributed by atoms with Gasteiger partial charge in [-0.25, -0.2) is 23.0 Å². The fourth-order valence-electron chi connectivity index (χ4n) is 2.52. The van der Waals surface area contributed by atoms with Gasteiger partial charge in [0.15, 0.2) is 11.6 Å². The van der Waals surface area contributed by atoms with Crippen LogP contribution in [0.15, 0.2) is 53.4 Å². The topological polar surface area (TPSA) is 93.5 Å². The van der Waals surface area contributed by atoms with Gasteiger partial charge in [-0.15, -0.1) is 10.8 Å². The van der Waals surface area contributed by atoms with E-state index in [-0.39, 0.29) is 16.3 Å². The summed E-state index contributed by atoms with van der Waals surface area (Å²) in [7, 11) is -2.08. The lowest BCUT2D eigenvalue weighted by molar-refractivity contribution is 0.145. The number of benzene rings is 2. The predicted molar refractivity (Wildman–Crippen MR) is 95.8 cm³/mol. The molecular weight excluding hydrogens is 383 g/mol. The minimum atomic E-state index is -3.40. The smallest absolute Gasteiger partial charge is 0.282 e. The van der Waals surface area contributed by atoms with Crippen LogP contribution in [0.25, 0.3) is 16.9 Å². The Kier molecular flexibility index (Phi) is 5.16. The zero-order chi connectivity index (χ0) is 19.8. The first-order valence-corrected chi connectivity index (χ1v) is 9.20. The summed E-state index contributed by atoms with van der Waals surface area (Å²) in [5, 5.41) is 9.16. The van der Waals surface area contributed by atoms with Gasteiger partial charge in [0, 0.05) is 5.56 Å². The summed E-state index contributed by atoms with van der Waals surface area (Å²) >= 11 is 0. The highest BCUT2D eigenvalue weighted by atomic mass is 32.3. The van der Waals surface area contributed by atoms with E-state index in [1.54, 1.807) is 0 Å². The Morgan fingerprint density at radius 2 is 1.78 bits per heavy atom. The largest absolute Gasteiger partial charge is 0.494 e. The van der Waals surface area contributed by atoms with Crippen molar-refractivity contribution in [2.24, 2.45) is 5.14 Å². The quantitative estimate of drug-likeness (QED) is 0.583. The van der Waals surface area contributed by atoms with Crippen LogP contribution in [0.1, 0.15) is 12.1 Å². The standard InChI is InChI=1S/C17H16F3N3O3S/c1-26-16-7-2-10(8-13(16)18)15-9-14(17(19)20)22-23(15)11-3-5-12(6-4-11)27(21,24)25/h2-9,17,24-25H,21H2,1H3. The highest BCUT2D eigenvalue weighted by Crippen LogP contribution is 2.40. The van der Waals surface area contributed by atoms with Gasteiger partial charge < -0.3 is 4.74 Å². The lowest BCUT2D eigenvalue weighted by Gasteiger charge is -2.26. The number of aromatic nitrogens is 2. The molecule has 3 aromatic rings. The second kappa shape index (κ2) is 7.24. The van der Waals surface area contributed by atoms with Crippen molar-refractivity contribution in [2.45, 2.75) is 11.3 Å². The molecule has 0 atom stereocenters. The van der Waals surface area contributed by atoms with E-state index >= 15 is 0 Å². The highest BCUT2D eigenvalue weighted by molar-refractivity contribution is 8.22. The van der Waals surface area contributed by atoms with Crippen molar-refractivity contribution >= 4 is 10.8 Å². The minimum absolute atomic E-state index is 0.0244. The van der Waals surface area contributed by atoms with Gasteiger partial charge in [0.05, 0.1) is 23.4 Å². The molecule has 0 aliphatic rings. The number of nitrogens with zero attached hydrogens (tertiary/aromatic N) is 2. The molecule has 0 aliphatic heterocycles. The summed E-state index contributed by atoms with van der Waals surface area (Å²) in [5.74, 6) is -0.620. The van der Waals surface area contributed by atoms with E-state index in [0.717, 1.165) is 12.1 Å². The maximum Gasteiger partial charge on any atom is 0.282 e. The van der Waals surface area contributed by atoms with Gasteiger partial charge >= 0.3 is 0 Å². The molecule has 1 aromatic heterocycles. The monoisotopic (exact) mass is 399 g/mol. The normalized spacial score (nSPS) is 12.4. The Morgan fingerprint density at radius 3 is 2.30 bits per heavy atom. The minimum Gasteiger partial charge on any atom is -0.494 e. The molecule has 0 unspecified atom stereocenters. The molecule has 0 aliphatic carbocycles. The molecule has 4 N–H and O–H groups in total. The molecule has 144 valence electrons. The Morgan fingerprint density at radius 1 is 1.11 bits per heavy atom. The lowest BCUT2D eigenvalue weighted by Crippen LogP contribution is -2.08. The third kappa shape index (κ3) is 3.93. The number of hydrogen-bond donors (Lipinski definition) is 3. The van der Waals surface area contributed by atoms with Gasteiger partial charge in [0.1, 0.15) is 5.69 Å². The van der Waals surface area contributed by atoms with E-state index in [1.807, 2.05) is 0 Å². The van der Waals surface area contributed by atoms with Crippen molar-refractivity contribution in [1.29, 1.82) is 0 Å². The number of alkyl halides is 2. The van der Waals surface area contributed by atoms with Gasteiger partial charge in [-0.1, -0.05) is 0 Å². The van der Waals surface area contributed by atoms with Gasteiger partial charge in [-0.2, -0.15) is 5.10 Å². The summed E-state index contributed by atoms with van der Waals surface area (Å²) in [6.07, 6.45) is -2.82. The maximum absolute atomic E-state index is 14.1. The maximum atomic E-state index is 14.1.